The highest BCUT2D eigenvalue weighted by Gasteiger charge is 2.27. The number of hydrogen-bond donors (Lipinski definition) is 1. The lowest BCUT2D eigenvalue weighted by Gasteiger charge is -2.26. The van der Waals surface area contributed by atoms with Gasteiger partial charge in [-0.3, -0.25) is 9.59 Å². The predicted molar refractivity (Wildman–Crippen MR) is 134 cm³/mol. The van der Waals surface area contributed by atoms with Crippen LogP contribution in [0.1, 0.15) is 60.8 Å². The van der Waals surface area contributed by atoms with E-state index >= 15 is 0 Å². The van der Waals surface area contributed by atoms with Gasteiger partial charge in [0.25, 0.3) is 5.91 Å². The summed E-state index contributed by atoms with van der Waals surface area (Å²) in [5, 5.41) is 3.77. The Morgan fingerprint density at radius 1 is 1.03 bits per heavy atom. The van der Waals surface area contributed by atoms with Crippen LogP contribution >= 0.6 is 0 Å². The summed E-state index contributed by atoms with van der Waals surface area (Å²) in [6, 6.07) is 18.0. The normalized spacial score (nSPS) is 14.7. The molecule has 0 unspecified atom stereocenters. The Hall–Kier alpha value is -3.47. The second kappa shape index (κ2) is 9.18. The maximum Gasteiger partial charge on any atom is 0.255 e. The quantitative estimate of drug-likeness (QED) is 0.613. The van der Waals surface area contributed by atoms with Gasteiger partial charge in [0.1, 0.15) is 0 Å². The summed E-state index contributed by atoms with van der Waals surface area (Å²) in [6.45, 7) is 5.80. The highest BCUT2D eigenvalue weighted by atomic mass is 16.2. The summed E-state index contributed by atoms with van der Waals surface area (Å²) in [5.41, 5.74) is 5.28. The van der Waals surface area contributed by atoms with Crippen molar-refractivity contribution in [3.63, 3.8) is 0 Å². The average Bonchev–Trinajstić information content (AvgIpc) is 2.77. The Kier molecular flexibility index (Phi) is 6.32. The first-order chi connectivity index (χ1) is 15.7. The molecule has 33 heavy (non-hydrogen) atoms. The molecule has 0 saturated carbocycles. The molecule has 0 spiro atoms. The van der Waals surface area contributed by atoms with Crippen LogP contribution in [0.4, 0.5) is 0 Å². The molecule has 1 aliphatic rings. The van der Waals surface area contributed by atoms with Gasteiger partial charge in [0.2, 0.25) is 5.91 Å². The molecule has 0 atom stereocenters. The summed E-state index contributed by atoms with van der Waals surface area (Å²) >= 11 is 0. The van der Waals surface area contributed by atoms with Crippen LogP contribution in [0, 0.1) is 0 Å². The van der Waals surface area contributed by atoms with Crippen LogP contribution in [-0.2, 0) is 11.2 Å². The summed E-state index contributed by atoms with van der Waals surface area (Å²) in [6.07, 6.45) is 4.85. The fourth-order valence-corrected chi connectivity index (χ4v) is 4.41. The topological polar surface area (TPSA) is 62.3 Å². The lowest BCUT2D eigenvalue weighted by molar-refractivity contribution is -0.122. The minimum atomic E-state index is -0.347. The molecule has 0 fully saturated rings. The Morgan fingerprint density at radius 3 is 2.45 bits per heavy atom. The number of carbonyl (C=O) groups excluding carboxylic acids is 2. The molecular formula is C28H31N3O2. The van der Waals surface area contributed by atoms with E-state index in [4.69, 9.17) is 4.98 Å². The molecule has 0 saturated heterocycles. The maximum atomic E-state index is 13.7. The number of likely N-dealkylation sites (N-methyl/N-ethyl adjacent to an activating group) is 1. The van der Waals surface area contributed by atoms with Gasteiger partial charge in [-0.25, -0.2) is 4.98 Å². The Balaban J connectivity index is 1.78. The van der Waals surface area contributed by atoms with Crippen molar-refractivity contribution in [3.8, 4) is 0 Å². The zero-order chi connectivity index (χ0) is 23.6. The van der Waals surface area contributed by atoms with E-state index < -0.39 is 0 Å². The van der Waals surface area contributed by atoms with Crippen LogP contribution in [0.3, 0.4) is 0 Å². The van der Waals surface area contributed by atoms with Crippen molar-refractivity contribution in [2.24, 2.45) is 0 Å². The first kappa shape index (κ1) is 22.7. The number of para-hydroxylation sites is 1. The SMILES string of the molecule is CN(CC(=O)NC(C)(C)C)C(=O)c1c2c(nc3ccccc13)/C(=C\c1ccccc1)CCC2. The van der Waals surface area contributed by atoms with Crippen molar-refractivity contribution in [3.05, 3.63) is 77.0 Å². The van der Waals surface area contributed by atoms with Crippen LogP contribution in [0.25, 0.3) is 22.6 Å². The molecule has 0 bridgehead atoms. The molecule has 2 amide bonds. The van der Waals surface area contributed by atoms with Crippen LogP contribution in [-0.4, -0.2) is 40.8 Å². The van der Waals surface area contributed by atoms with E-state index in [0.29, 0.717) is 5.56 Å². The van der Waals surface area contributed by atoms with Crippen molar-refractivity contribution < 1.29 is 9.59 Å². The molecule has 5 heteroatoms. The Bertz CT molecular complexity index is 1220. The van der Waals surface area contributed by atoms with E-state index in [1.807, 2.05) is 63.2 Å². The van der Waals surface area contributed by atoms with Crippen molar-refractivity contribution in [2.45, 2.75) is 45.6 Å². The van der Waals surface area contributed by atoms with E-state index in [-0.39, 0.29) is 23.9 Å². The summed E-state index contributed by atoms with van der Waals surface area (Å²) in [5.74, 6) is -0.315. The fraction of sp³-hybridized carbons (Fsp3) is 0.321. The molecule has 170 valence electrons. The van der Waals surface area contributed by atoms with Crippen LogP contribution in [0.2, 0.25) is 0 Å². The van der Waals surface area contributed by atoms with Gasteiger partial charge in [0.15, 0.2) is 0 Å². The third-order valence-corrected chi connectivity index (χ3v) is 5.77. The smallest absolute Gasteiger partial charge is 0.255 e. The fourth-order valence-electron chi connectivity index (χ4n) is 4.41. The Morgan fingerprint density at radius 2 is 1.73 bits per heavy atom. The molecule has 0 radical (unpaired) electrons. The third-order valence-electron chi connectivity index (χ3n) is 5.77. The molecule has 4 rings (SSSR count). The standard InChI is InChI=1S/C28H31N3O2/c1-28(2,3)30-24(32)18-31(4)27(33)25-21-14-8-9-16-23(21)29-26-20(13-10-15-22(25)26)17-19-11-6-5-7-12-19/h5-9,11-12,14,16-17H,10,13,15,18H2,1-4H3,(H,30,32)/b20-17-. The van der Waals surface area contributed by atoms with Gasteiger partial charge in [0.05, 0.1) is 23.3 Å². The van der Waals surface area contributed by atoms with Crippen LogP contribution in [0.5, 0.6) is 0 Å². The number of amides is 2. The van der Waals surface area contributed by atoms with Crippen molar-refractivity contribution in [1.29, 1.82) is 0 Å². The summed E-state index contributed by atoms with van der Waals surface area (Å²) in [4.78, 5) is 32.7. The van der Waals surface area contributed by atoms with Gasteiger partial charge in [-0.05, 0) is 68.9 Å². The molecule has 1 N–H and O–H groups in total. The monoisotopic (exact) mass is 441 g/mol. The number of allylic oxidation sites excluding steroid dienone is 1. The number of fused-ring (bicyclic) bond motifs is 2. The number of carbonyl (C=O) groups is 2. The Labute approximate surface area is 195 Å². The van der Waals surface area contributed by atoms with Crippen LogP contribution in [0.15, 0.2) is 54.6 Å². The second-order valence-electron chi connectivity index (χ2n) is 9.72. The largest absolute Gasteiger partial charge is 0.350 e. The number of rotatable bonds is 4. The number of pyridine rings is 1. The number of aromatic nitrogens is 1. The molecule has 2 aromatic carbocycles. The van der Waals surface area contributed by atoms with E-state index in [9.17, 15) is 9.59 Å². The van der Waals surface area contributed by atoms with E-state index in [2.05, 4.69) is 23.5 Å². The third kappa shape index (κ3) is 5.14. The molecule has 0 aliphatic heterocycles. The number of nitrogens with one attached hydrogen (secondary N) is 1. The lowest BCUT2D eigenvalue weighted by Crippen LogP contribution is -2.46. The highest BCUT2D eigenvalue weighted by Crippen LogP contribution is 2.36. The van der Waals surface area contributed by atoms with Gasteiger partial charge in [-0.15, -0.1) is 0 Å². The zero-order valence-electron chi connectivity index (χ0n) is 19.8. The van der Waals surface area contributed by atoms with Gasteiger partial charge in [0, 0.05) is 18.0 Å². The van der Waals surface area contributed by atoms with Gasteiger partial charge >= 0.3 is 0 Å². The molecular weight excluding hydrogens is 410 g/mol. The van der Waals surface area contributed by atoms with E-state index in [1.54, 1.807) is 7.05 Å². The summed E-state index contributed by atoms with van der Waals surface area (Å²) < 4.78 is 0. The molecule has 1 aliphatic carbocycles. The zero-order valence-corrected chi connectivity index (χ0v) is 19.8. The predicted octanol–water partition coefficient (Wildman–Crippen LogP) is 5.10. The minimum Gasteiger partial charge on any atom is -0.350 e. The number of hydrogen-bond acceptors (Lipinski definition) is 3. The highest BCUT2D eigenvalue weighted by molar-refractivity contribution is 6.09. The average molecular weight is 442 g/mol. The first-order valence-electron chi connectivity index (χ1n) is 11.5. The van der Waals surface area contributed by atoms with Crippen molar-refractivity contribution in [1.82, 2.24) is 15.2 Å². The molecule has 3 aromatic rings. The molecule has 1 aromatic heterocycles. The molecule has 5 nitrogen and oxygen atoms in total. The second-order valence-corrected chi connectivity index (χ2v) is 9.72. The molecule has 1 heterocycles. The van der Waals surface area contributed by atoms with Gasteiger partial charge in [-0.1, -0.05) is 48.5 Å². The maximum absolute atomic E-state index is 13.7. The van der Waals surface area contributed by atoms with Gasteiger partial charge in [-0.2, -0.15) is 0 Å². The van der Waals surface area contributed by atoms with Crippen molar-refractivity contribution >= 4 is 34.4 Å². The first-order valence-corrected chi connectivity index (χ1v) is 11.5. The summed E-state index contributed by atoms with van der Waals surface area (Å²) in [7, 11) is 1.69. The van der Waals surface area contributed by atoms with E-state index in [0.717, 1.165) is 52.6 Å². The number of nitrogens with zero attached hydrogens (tertiary/aromatic N) is 2. The lowest BCUT2D eigenvalue weighted by atomic mass is 9.85. The van der Waals surface area contributed by atoms with Gasteiger partial charge < -0.3 is 10.2 Å². The van der Waals surface area contributed by atoms with E-state index in [1.165, 1.54) is 4.90 Å². The van der Waals surface area contributed by atoms with Crippen LogP contribution < -0.4 is 5.32 Å². The number of benzene rings is 2. The van der Waals surface area contributed by atoms with Crippen molar-refractivity contribution in [2.75, 3.05) is 13.6 Å². The minimum absolute atomic E-state index is 0.00817.